The Bertz CT molecular complexity index is 1870. The van der Waals surface area contributed by atoms with Crippen molar-refractivity contribution in [3.05, 3.63) is 101 Å². The van der Waals surface area contributed by atoms with Gasteiger partial charge in [0.1, 0.15) is 35.8 Å². The highest BCUT2D eigenvalue weighted by molar-refractivity contribution is 5.93. The van der Waals surface area contributed by atoms with Crippen LogP contribution in [0.5, 0.6) is 6.01 Å². The lowest BCUT2D eigenvalue weighted by atomic mass is 10.0. The third-order valence-corrected chi connectivity index (χ3v) is 7.13. The molecule has 0 bridgehead atoms. The Morgan fingerprint density at radius 1 is 1.12 bits per heavy atom. The van der Waals surface area contributed by atoms with Crippen LogP contribution in [0.1, 0.15) is 39.4 Å². The lowest BCUT2D eigenvalue weighted by Crippen LogP contribution is -2.31. The number of benzene rings is 2. The number of halogens is 2. The minimum absolute atomic E-state index is 0.00868. The fourth-order valence-electron chi connectivity index (χ4n) is 4.76. The maximum absolute atomic E-state index is 15.5. The summed E-state index contributed by atoms with van der Waals surface area (Å²) in [7, 11) is 1.31. The molecule has 0 saturated carbocycles. The maximum atomic E-state index is 15.5. The molecule has 10 nitrogen and oxygen atoms in total. The number of hydrogen-bond acceptors (Lipinski definition) is 9. The van der Waals surface area contributed by atoms with Crippen LogP contribution in [-0.4, -0.2) is 50.3 Å². The number of ether oxygens (including phenoxy) is 3. The Morgan fingerprint density at radius 2 is 1.98 bits per heavy atom. The van der Waals surface area contributed by atoms with Gasteiger partial charge in [-0.25, -0.2) is 28.5 Å². The molecular weight excluding hydrogens is 558 g/mol. The van der Waals surface area contributed by atoms with Crippen molar-refractivity contribution in [2.24, 2.45) is 0 Å². The van der Waals surface area contributed by atoms with Crippen LogP contribution >= 0.6 is 0 Å². The number of imidazole rings is 1. The Morgan fingerprint density at radius 3 is 2.70 bits per heavy atom. The molecule has 0 spiro atoms. The van der Waals surface area contributed by atoms with Gasteiger partial charge in [0.15, 0.2) is 0 Å². The summed E-state index contributed by atoms with van der Waals surface area (Å²) in [5, 5.41) is 8.88. The van der Waals surface area contributed by atoms with E-state index < -0.39 is 17.6 Å². The predicted octanol–water partition coefficient (Wildman–Crippen LogP) is 4.78. The van der Waals surface area contributed by atoms with Crippen molar-refractivity contribution in [1.82, 2.24) is 24.5 Å². The van der Waals surface area contributed by atoms with Crippen LogP contribution in [-0.2, 0) is 29.0 Å². The number of carbonyl (C=O) groups is 1. The number of fused-ring (bicyclic) bond motifs is 1. The molecule has 0 amide bonds. The molecule has 12 heteroatoms. The van der Waals surface area contributed by atoms with E-state index in [1.165, 1.54) is 25.6 Å². The second-order valence-electron chi connectivity index (χ2n) is 9.89. The van der Waals surface area contributed by atoms with Gasteiger partial charge in [-0.3, -0.25) is 0 Å². The van der Waals surface area contributed by atoms with Crippen LogP contribution in [0.4, 0.5) is 8.78 Å². The van der Waals surface area contributed by atoms with Crippen molar-refractivity contribution in [3.8, 4) is 23.3 Å². The zero-order chi connectivity index (χ0) is 29.9. The summed E-state index contributed by atoms with van der Waals surface area (Å²) >= 11 is 0. The number of aromatic nitrogens is 5. The van der Waals surface area contributed by atoms with Crippen molar-refractivity contribution in [2.45, 2.75) is 32.1 Å². The largest absolute Gasteiger partial charge is 0.465 e. The van der Waals surface area contributed by atoms with Gasteiger partial charge >= 0.3 is 12.0 Å². The highest BCUT2D eigenvalue weighted by Gasteiger charge is 2.24. The standard InChI is InChI=1S/C31H24F2N6O4/c1-41-30(40)19-3-5-27-28(11-19)39(16-22-7-9-42-22)29(37-27)12-20-10-25(33)23(13-24(20)32)26-6-8-35-31(38-26)43-17-18-2-4-21(14-34)36-15-18/h2-6,8,10-11,13,15,22H,7,9,12,16-17H2,1H3/t22-/m0/s1. The Kier molecular flexibility index (Phi) is 7.72. The zero-order valence-electron chi connectivity index (χ0n) is 23.0. The molecule has 1 saturated heterocycles. The topological polar surface area (TPSA) is 125 Å². The summed E-state index contributed by atoms with van der Waals surface area (Å²) in [6.45, 7) is 1.19. The first kappa shape index (κ1) is 27.9. The number of rotatable bonds is 9. The van der Waals surface area contributed by atoms with Gasteiger partial charge in [-0.1, -0.05) is 6.07 Å². The van der Waals surface area contributed by atoms with Crippen LogP contribution in [0.15, 0.2) is 60.9 Å². The van der Waals surface area contributed by atoms with Crippen molar-refractivity contribution in [2.75, 3.05) is 13.7 Å². The van der Waals surface area contributed by atoms with Crippen molar-refractivity contribution >= 4 is 17.0 Å². The van der Waals surface area contributed by atoms with Crippen molar-refractivity contribution in [3.63, 3.8) is 0 Å². The van der Waals surface area contributed by atoms with Crippen LogP contribution < -0.4 is 4.74 Å². The maximum Gasteiger partial charge on any atom is 0.337 e. The van der Waals surface area contributed by atoms with Gasteiger partial charge in [-0.15, -0.1) is 0 Å². The number of nitriles is 1. The first-order valence-electron chi connectivity index (χ1n) is 13.4. The van der Waals surface area contributed by atoms with Gasteiger partial charge < -0.3 is 18.8 Å². The predicted molar refractivity (Wildman–Crippen MR) is 149 cm³/mol. The van der Waals surface area contributed by atoms with Crippen molar-refractivity contribution in [1.29, 1.82) is 5.26 Å². The number of pyridine rings is 1. The SMILES string of the molecule is COC(=O)c1ccc2nc(Cc3cc(F)c(-c4ccnc(OCc5ccc(C#N)nc5)n4)cc3F)n(C[C@@H]3CCO3)c2c1. The molecule has 0 N–H and O–H groups in total. The zero-order valence-corrected chi connectivity index (χ0v) is 23.0. The van der Waals surface area contributed by atoms with Crippen LogP contribution in [0.3, 0.4) is 0 Å². The van der Waals surface area contributed by atoms with E-state index in [9.17, 15) is 4.79 Å². The van der Waals surface area contributed by atoms with E-state index >= 15 is 8.78 Å². The van der Waals surface area contributed by atoms with Gasteiger partial charge in [-0.2, -0.15) is 10.2 Å². The Balaban J connectivity index is 1.26. The van der Waals surface area contributed by atoms with Crippen LogP contribution in [0.2, 0.25) is 0 Å². The summed E-state index contributed by atoms with van der Waals surface area (Å²) in [5.74, 6) is -1.27. The summed E-state index contributed by atoms with van der Waals surface area (Å²) < 4.78 is 48.9. The molecule has 2 aromatic carbocycles. The minimum atomic E-state index is -0.671. The first-order valence-corrected chi connectivity index (χ1v) is 13.4. The molecule has 5 aromatic rings. The Hall–Kier alpha value is -5.28. The summed E-state index contributed by atoms with van der Waals surface area (Å²) in [6, 6.07) is 13.9. The van der Waals surface area contributed by atoms with E-state index in [0.29, 0.717) is 41.1 Å². The molecule has 0 radical (unpaired) electrons. The lowest BCUT2D eigenvalue weighted by molar-refractivity contribution is -0.0589. The van der Waals surface area contributed by atoms with E-state index in [0.717, 1.165) is 18.6 Å². The quantitative estimate of drug-likeness (QED) is 0.226. The molecule has 1 aliphatic rings. The molecule has 6 rings (SSSR count). The van der Waals surface area contributed by atoms with E-state index in [4.69, 9.17) is 19.5 Å². The molecular formula is C31H24F2N6O4. The third-order valence-electron chi connectivity index (χ3n) is 7.13. The van der Waals surface area contributed by atoms with E-state index in [1.807, 2.05) is 10.6 Å². The monoisotopic (exact) mass is 582 g/mol. The molecule has 1 fully saturated rings. The van der Waals surface area contributed by atoms with E-state index in [1.54, 1.807) is 30.3 Å². The van der Waals surface area contributed by atoms with Gasteiger partial charge in [0.25, 0.3) is 0 Å². The molecule has 1 atom stereocenters. The first-order chi connectivity index (χ1) is 20.9. The number of esters is 1. The molecule has 4 heterocycles. The average molecular weight is 583 g/mol. The van der Waals surface area contributed by atoms with E-state index in [2.05, 4.69) is 19.9 Å². The number of methoxy groups -OCH3 is 1. The smallest absolute Gasteiger partial charge is 0.337 e. The minimum Gasteiger partial charge on any atom is -0.465 e. The van der Waals surface area contributed by atoms with Gasteiger partial charge in [0.2, 0.25) is 0 Å². The second-order valence-corrected chi connectivity index (χ2v) is 9.89. The van der Waals surface area contributed by atoms with Crippen LogP contribution in [0.25, 0.3) is 22.3 Å². The van der Waals surface area contributed by atoms with Crippen molar-refractivity contribution < 1.29 is 27.8 Å². The van der Waals surface area contributed by atoms with Gasteiger partial charge in [0.05, 0.1) is 42.0 Å². The highest BCUT2D eigenvalue weighted by Crippen LogP contribution is 2.28. The molecule has 216 valence electrons. The molecule has 0 aliphatic carbocycles. The number of nitrogens with zero attached hydrogens (tertiary/aromatic N) is 6. The van der Waals surface area contributed by atoms with Gasteiger partial charge in [0, 0.05) is 36.5 Å². The van der Waals surface area contributed by atoms with Crippen LogP contribution in [0, 0.1) is 23.0 Å². The molecule has 43 heavy (non-hydrogen) atoms. The molecule has 3 aromatic heterocycles. The molecule has 1 aliphatic heterocycles. The molecule has 0 unspecified atom stereocenters. The average Bonchev–Trinajstić information content (AvgIpc) is 3.35. The number of carbonyl (C=O) groups excluding carboxylic acids is 1. The second kappa shape index (κ2) is 11.9. The summed E-state index contributed by atoms with van der Waals surface area (Å²) in [4.78, 5) is 29.1. The van der Waals surface area contributed by atoms with E-state index in [-0.39, 0.29) is 47.7 Å². The number of hydrogen-bond donors (Lipinski definition) is 0. The summed E-state index contributed by atoms with van der Waals surface area (Å²) in [6.07, 6.45) is 3.73. The fourth-order valence-corrected chi connectivity index (χ4v) is 4.76. The normalized spacial score (nSPS) is 14.2. The summed E-state index contributed by atoms with van der Waals surface area (Å²) in [5.41, 5.74) is 2.83. The highest BCUT2D eigenvalue weighted by atomic mass is 19.1. The fraction of sp³-hybridized carbons (Fsp3) is 0.226. The Labute approximate surface area is 244 Å². The van der Waals surface area contributed by atoms with Gasteiger partial charge in [-0.05, 0) is 54.4 Å². The third kappa shape index (κ3) is 5.89. The lowest BCUT2D eigenvalue weighted by Gasteiger charge is -2.27.